The van der Waals surface area contributed by atoms with Gasteiger partial charge >= 0.3 is 0 Å². The zero-order valence-electron chi connectivity index (χ0n) is 10.6. The van der Waals surface area contributed by atoms with Crippen LogP contribution in [-0.2, 0) is 0 Å². The second-order valence-corrected chi connectivity index (χ2v) is 4.74. The number of H-pyrrole nitrogens is 1. The lowest BCUT2D eigenvalue weighted by Gasteiger charge is -2.06. The van der Waals surface area contributed by atoms with Crippen LogP contribution < -0.4 is 10.6 Å². The summed E-state index contributed by atoms with van der Waals surface area (Å²) in [6.45, 7) is 1.88. The predicted octanol–water partition coefficient (Wildman–Crippen LogP) is 1.94. The van der Waals surface area contributed by atoms with Crippen molar-refractivity contribution in [3.63, 3.8) is 0 Å². The van der Waals surface area contributed by atoms with Gasteiger partial charge in [-0.25, -0.2) is 4.98 Å². The van der Waals surface area contributed by atoms with Crippen molar-refractivity contribution in [1.82, 2.24) is 15.2 Å². The number of hydrogen-bond donors (Lipinski definition) is 3. The molecule has 98 valence electrons. The molecular formula is C13H15N5O. The van der Waals surface area contributed by atoms with E-state index in [2.05, 4.69) is 25.8 Å². The minimum absolute atomic E-state index is 0.187. The second kappa shape index (κ2) is 4.72. The highest BCUT2D eigenvalue weighted by atomic mass is 16.1. The van der Waals surface area contributed by atoms with Crippen LogP contribution >= 0.6 is 0 Å². The fraction of sp³-hybridized carbons (Fsp3) is 0.308. The van der Waals surface area contributed by atoms with Crippen LogP contribution in [0.3, 0.4) is 0 Å². The number of nitrogens with zero attached hydrogens (tertiary/aromatic N) is 2. The van der Waals surface area contributed by atoms with Crippen LogP contribution in [0.2, 0.25) is 0 Å². The van der Waals surface area contributed by atoms with Crippen LogP contribution in [0.25, 0.3) is 0 Å². The monoisotopic (exact) mass is 257 g/mol. The molecule has 19 heavy (non-hydrogen) atoms. The summed E-state index contributed by atoms with van der Waals surface area (Å²) >= 11 is 0. The number of hydrogen-bond acceptors (Lipinski definition) is 4. The lowest BCUT2D eigenvalue weighted by atomic mass is 10.2. The molecule has 0 radical (unpaired) electrons. The summed E-state index contributed by atoms with van der Waals surface area (Å²) in [5.41, 5.74) is 1.47. The Morgan fingerprint density at radius 1 is 1.37 bits per heavy atom. The minimum atomic E-state index is -0.187. The van der Waals surface area contributed by atoms with E-state index in [1.165, 1.54) is 12.8 Å². The zero-order chi connectivity index (χ0) is 13.2. The SMILES string of the molecule is Cc1cc(NC(=O)c2ccnc(NC3CC3)c2)n[nH]1. The second-order valence-electron chi connectivity index (χ2n) is 4.74. The fourth-order valence-electron chi connectivity index (χ4n) is 1.76. The number of carbonyl (C=O) groups excluding carboxylic acids is 1. The third kappa shape index (κ3) is 2.90. The largest absolute Gasteiger partial charge is 0.367 e. The summed E-state index contributed by atoms with van der Waals surface area (Å²) in [6, 6.07) is 5.74. The van der Waals surface area contributed by atoms with Gasteiger partial charge in [0, 0.05) is 29.6 Å². The number of nitrogens with one attached hydrogen (secondary N) is 3. The number of aromatic nitrogens is 3. The zero-order valence-corrected chi connectivity index (χ0v) is 10.6. The highest BCUT2D eigenvalue weighted by Crippen LogP contribution is 2.23. The molecule has 3 rings (SSSR count). The third-order valence-electron chi connectivity index (χ3n) is 2.90. The van der Waals surface area contributed by atoms with Crippen LogP contribution in [0.4, 0.5) is 11.6 Å². The standard InChI is InChI=1S/C13H15N5O/c1-8-6-12(18-17-8)16-13(19)9-4-5-14-11(7-9)15-10-2-3-10/h4-7,10H,2-3H2,1H3,(H,14,15)(H2,16,17,18,19). The average molecular weight is 257 g/mol. The molecular weight excluding hydrogens is 242 g/mol. The van der Waals surface area contributed by atoms with Gasteiger partial charge in [-0.2, -0.15) is 5.10 Å². The van der Waals surface area contributed by atoms with Gasteiger partial charge in [0.1, 0.15) is 5.82 Å². The van der Waals surface area contributed by atoms with Gasteiger partial charge in [0.2, 0.25) is 0 Å². The number of aryl methyl sites for hydroxylation is 1. The van der Waals surface area contributed by atoms with Gasteiger partial charge in [-0.15, -0.1) is 0 Å². The Kier molecular flexibility index (Phi) is 2.91. The molecule has 2 aromatic rings. The Morgan fingerprint density at radius 2 is 2.21 bits per heavy atom. The number of anilines is 2. The van der Waals surface area contributed by atoms with E-state index >= 15 is 0 Å². The van der Waals surface area contributed by atoms with Gasteiger partial charge in [-0.05, 0) is 31.9 Å². The van der Waals surface area contributed by atoms with E-state index in [0.29, 0.717) is 17.4 Å². The number of rotatable bonds is 4. The van der Waals surface area contributed by atoms with Crippen molar-refractivity contribution < 1.29 is 4.79 Å². The molecule has 0 unspecified atom stereocenters. The molecule has 6 heteroatoms. The van der Waals surface area contributed by atoms with Crippen LogP contribution in [-0.4, -0.2) is 27.1 Å². The molecule has 0 bridgehead atoms. The summed E-state index contributed by atoms with van der Waals surface area (Å²) in [4.78, 5) is 16.3. The van der Waals surface area contributed by atoms with Gasteiger partial charge in [-0.3, -0.25) is 9.89 Å². The molecule has 1 fully saturated rings. The fourth-order valence-corrected chi connectivity index (χ4v) is 1.76. The summed E-state index contributed by atoms with van der Waals surface area (Å²) in [5, 5.41) is 12.8. The normalized spacial score (nSPS) is 14.2. The first kappa shape index (κ1) is 11.7. The third-order valence-corrected chi connectivity index (χ3v) is 2.90. The number of amides is 1. The Balaban J connectivity index is 1.71. The first-order valence-electron chi connectivity index (χ1n) is 6.27. The average Bonchev–Trinajstić information content (AvgIpc) is 3.11. The van der Waals surface area contributed by atoms with Crippen molar-refractivity contribution in [3.05, 3.63) is 35.7 Å². The summed E-state index contributed by atoms with van der Waals surface area (Å²) in [7, 11) is 0. The van der Waals surface area contributed by atoms with E-state index in [0.717, 1.165) is 11.5 Å². The molecule has 6 nitrogen and oxygen atoms in total. The molecule has 0 aromatic carbocycles. The molecule has 1 saturated carbocycles. The van der Waals surface area contributed by atoms with Gasteiger partial charge in [0.25, 0.3) is 5.91 Å². The lowest BCUT2D eigenvalue weighted by Crippen LogP contribution is -2.13. The molecule has 1 aliphatic carbocycles. The van der Waals surface area contributed by atoms with Crippen LogP contribution in [0.15, 0.2) is 24.4 Å². The predicted molar refractivity (Wildman–Crippen MR) is 72.2 cm³/mol. The molecule has 1 amide bonds. The lowest BCUT2D eigenvalue weighted by molar-refractivity contribution is 0.102. The molecule has 3 N–H and O–H groups in total. The maximum Gasteiger partial charge on any atom is 0.257 e. The summed E-state index contributed by atoms with van der Waals surface area (Å²) in [6.07, 6.45) is 3.98. The molecule has 1 aliphatic rings. The molecule has 0 spiro atoms. The quantitative estimate of drug-likeness (QED) is 0.781. The molecule has 2 aromatic heterocycles. The highest BCUT2D eigenvalue weighted by Gasteiger charge is 2.21. The van der Waals surface area contributed by atoms with E-state index in [-0.39, 0.29) is 5.91 Å². The maximum atomic E-state index is 12.1. The summed E-state index contributed by atoms with van der Waals surface area (Å²) < 4.78 is 0. The van der Waals surface area contributed by atoms with Crippen LogP contribution in [0, 0.1) is 6.92 Å². The Bertz CT molecular complexity index is 603. The van der Waals surface area contributed by atoms with Gasteiger partial charge in [-0.1, -0.05) is 0 Å². The van der Waals surface area contributed by atoms with E-state index < -0.39 is 0 Å². The van der Waals surface area contributed by atoms with Crippen LogP contribution in [0.5, 0.6) is 0 Å². The Hall–Kier alpha value is -2.37. The Labute approximate surface area is 110 Å². The van der Waals surface area contributed by atoms with Crippen molar-refractivity contribution >= 4 is 17.5 Å². The number of aromatic amines is 1. The van der Waals surface area contributed by atoms with Crippen LogP contribution in [0.1, 0.15) is 28.9 Å². The van der Waals surface area contributed by atoms with Crippen molar-refractivity contribution in [3.8, 4) is 0 Å². The molecule has 0 atom stereocenters. The molecule has 2 heterocycles. The van der Waals surface area contributed by atoms with E-state index in [1.807, 2.05) is 6.92 Å². The van der Waals surface area contributed by atoms with E-state index in [1.54, 1.807) is 24.4 Å². The van der Waals surface area contributed by atoms with Crippen molar-refractivity contribution in [2.75, 3.05) is 10.6 Å². The first-order chi connectivity index (χ1) is 9.20. The smallest absolute Gasteiger partial charge is 0.257 e. The van der Waals surface area contributed by atoms with E-state index in [9.17, 15) is 4.79 Å². The number of pyridine rings is 1. The highest BCUT2D eigenvalue weighted by molar-refractivity contribution is 6.04. The van der Waals surface area contributed by atoms with Crippen molar-refractivity contribution in [1.29, 1.82) is 0 Å². The van der Waals surface area contributed by atoms with Gasteiger partial charge in [0.15, 0.2) is 5.82 Å². The van der Waals surface area contributed by atoms with Crippen molar-refractivity contribution in [2.45, 2.75) is 25.8 Å². The maximum absolute atomic E-state index is 12.1. The Morgan fingerprint density at radius 3 is 2.89 bits per heavy atom. The van der Waals surface area contributed by atoms with Gasteiger partial charge in [0.05, 0.1) is 0 Å². The van der Waals surface area contributed by atoms with Crippen molar-refractivity contribution in [2.24, 2.45) is 0 Å². The molecule has 0 aliphatic heterocycles. The number of carbonyl (C=O) groups is 1. The molecule has 0 saturated heterocycles. The summed E-state index contributed by atoms with van der Waals surface area (Å²) in [5.74, 6) is 1.08. The van der Waals surface area contributed by atoms with Gasteiger partial charge < -0.3 is 10.6 Å². The topological polar surface area (TPSA) is 82.7 Å². The minimum Gasteiger partial charge on any atom is -0.367 e. The van der Waals surface area contributed by atoms with E-state index in [4.69, 9.17) is 0 Å². The first-order valence-corrected chi connectivity index (χ1v) is 6.27.